The first-order valence-electron chi connectivity index (χ1n) is 7.77. The monoisotopic (exact) mass is 330 g/mol. The third kappa shape index (κ3) is 4.20. The molecule has 2 aromatic rings. The quantitative estimate of drug-likeness (QED) is 0.936. The van der Waals surface area contributed by atoms with Gasteiger partial charge in [-0.2, -0.15) is 0 Å². The van der Waals surface area contributed by atoms with Crippen molar-refractivity contribution in [3.8, 4) is 0 Å². The van der Waals surface area contributed by atoms with Crippen molar-refractivity contribution in [2.45, 2.75) is 12.8 Å². The van der Waals surface area contributed by atoms with Crippen molar-refractivity contribution >= 4 is 23.3 Å². The van der Waals surface area contributed by atoms with Crippen LogP contribution in [0.1, 0.15) is 23.2 Å². The summed E-state index contributed by atoms with van der Waals surface area (Å²) in [5.41, 5.74) is 0.606. The normalized spacial score (nSPS) is 15.4. The molecule has 0 spiro atoms. The number of aromatic nitrogens is 2. The number of rotatable bonds is 4. The van der Waals surface area contributed by atoms with E-state index < -0.39 is 0 Å². The predicted octanol–water partition coefficient (Wildman–Crippen LogP) is 2.78. The number of halogens is 1. The van der Waals surface area contributed by atoms with Gasteiger partial charge in [-0.25, -0.2) is 4.98 Å². The lowest BCUT2D eigenvalue weighted by molar-refractivity contribution is 0.0945. The molecule has 5 nitrogen and oxygen atoms in total. The number of hydrogen-bond acceptors (Lipinski definition) is 4. The lowest BCUT2D eigenvalue weighted by atomic mass is 9.96. The summed E-state index contributed by atoms with van der Waals surface area (Å²) in [4.78, 5) is 22.8. The van der Waals surface area contributed by atoms with E-state index in [1.54, 1.807) is 42.9 Å². The van der Waals surface area contributed by atoms with E-state index in [-0.39, 0.29) is 5.91 Å². The molecular weight excluding hydrogens is 312 g/mol. The molecule has 1 saturated heterocycles. The van der Waals surface area contributed by atoms with Gasteiger partial charge in [0.05, 0.1) is 6.20 Å². The Kier molecular flexibility index (Phi) is 5.08. The number of amides is 1. The number of hydrogen-bond donors (Lipinski definition) is 1. The molecule has 0 bridgehead atoms. The molecule has 0 saturated carbocycles. The summed E-state index contributed by atoms with van der Waals surface area (Å²) in [5, 5.41) is 3.59. The minimum atomic E-state index is -0.0659. The maximum absolute atomic E-state index is 12.1. The van der Waals surface area contributed by atoms with Gasteiger partial charge in [-0.05, 0) is 37.0 Å². The van der Waals surface area contributed by atoms with Gasteiger partial charge >= 0.3 is 0 Å². The van der Waals surface area contributed by atoms with Crippen molar-refractivity contribution in [3.05, 3.63) is 53.4 Å². The number of anilines is 1. The maximum atomic E-state index is 12.1. The van der Waals surface area contributed by atoms with Crippen molar-refractivity contribution in [1.82, 2.24) is 15.3 Å². The third-order valence-electron chi connectivity index (χ3n) is 4.13. The standard InChI is InChI=1S/C17H19ClN4O/c18-15-3-1-2-14(10-15)17(23)21-11-13-4-8-22(9-5-13)16-12-19-6-7-20-16/h1-3,6-7,10,12-13H,4-5,8-9,11H2,(H,21,23). The van der Waals surface area contributed by atoms with E-state index in [1.807, 2.05) is 0 Å². The van der Waals surface area contributed by atoms with E-state index >= 15 is 0 Å². The summed E-state index contributed by atoms with van der Waals surface area (Å²) in [6.45, 7) is 2.58. The van der Waals surface area contributed by atoms with E-state index in [0.717, 1.165) is 31.7 Å². The van der Waals surface area contributed by atoms with Gasteiger partial charge in [0, 0.05) is 42.6 Å². The molecule has 1 amide bonds. The fraction of sp³-hybridized carbons (Fsp3) is 0.353. The zero-order chi connectivity index (χ0) is 16.1. The predicted molar refractivity (Wildman–Crippen MR) is 90.8 cm³/mol. The molecule has 0 atom stereocenters. The number of nitrogens with zero attached hydrogens (tertiary/aromatic N) is 3. The highest BCUT2D eigenvalue weighted by Gasteiger charge is 2.20. The SMILES string of the molecule is O=C(NCC1CCN(c2cnccn2)CC1)c1cccc(Cl)c1. The molecule has 1 aromatic carbocycles. The van der Waals surface area contributed by atoms with E-state index in [2.05, 4.69) is 20.2 Å². The Bertz CT molecular complexity index is 657. The van der Waals surface area contributed by atoms with Crippen LogP contribution < -0.4 is 10.2 Å². The molecule has 2 heterocycles. The van der Waals surface area contributed by atoms with Crippen LogP contribution in [0.15, 0.2) is 42.9 Å². The second kappa shape index (κ2) is 7.42. The Balaban J connectivity index is 1.47. The van der Waals surface area contributed by atoms with Crippen LogP contribution >= 0.6 is 11.6 Å². The minimum absolute atomic E-state index is 0.0659. The molecule has 0 radical (unpaired) electrons. The van der Waals surface area contributed by atoms with Gasteiger partial charge in [0.15, 0.2) is 0 Å². The highest BCUT2D eigenvalue weighted by molar-refractivity contribution is 6.30. The summed E-state index contributed by atoms with van der Waals surface area (Å²) in [6.07, 6.45) is 7.26. The molecular formula is C17H19ClN4O. The molecule has 0 unspecified atom stereocenters. The van der Waals surface area contributed by atoms with Gasteiger partial charge in [0.25, 0.3) is 5.91 Å². The lowest BCUT2D eigenvalue weighted by Crippen LogP contribution is -2.39. The van der Waals surface area contributed by atoms with Crippen LogP contribution in [0.5, 0.6) is 0 Å². The summed E-state index contributed by atoms with van der Waals surface area (Å²) >= 11 is 5.92. The summed E-state index contributed by atoms with van der Waals surface area (Å²) in [6, 6.07) is 7.02. The Morgan fingerprint density at radius 2 is 2.13 bits per heavy atom. The average Bonchev–Trinajstić information content (AvgIpc) is 2.61. The van der Waals surface area contributed by atoms with Crippen LogP contribution in [0.2, 0.25) is 5.02 Å². The summed E-state index contributed by atoms with van der Waals surface area (Å²) < 4.78 is 0. The highest BCUT2D eigenvalue weighted by Crippen LogP contribution is 2.20. The number of nitrogens with one attached hydrogen (secondary N) is 1. The van der Waals surface area contributed by atoms with Gasteiger partial charge < -0.3 is 10.2 Å². The van der Waals surface area contributed by atoms with Gasteiger partial charge in [0.2, 0.25) is 0 Å². The molecule has 0 aliphatic carbocycles. The first-order chi connectivity index (χ1) is 11.2. The number of carbonyl (C=O) groups is 1. The van der Waals surface area contributed by atoms with Crippen molar-refractivity contribution in [1.29, 1.82) is 0 Å². The minimum Gasteiger partial charge on any atom is -0.355 e. The van der Waals surface area contributed by atoms with Gasteiger partial charge in [-0.15, -0.1) is 0 Å². The van der Waals surface area contributed by atoms with Crippen molar-refractivity contribution in [3.63, 3.8) is 0 Å². The van der Waals surface area contributed by atoms with Gasteiger partial charge in [-0.3, -0.25) is 9.78 Å². The Morgan fingerprint density at radius 1 is 1.30 bits per heavy atom. The zero-order valence-electron chi connectivity index (χ0n) is 12.8. The van der Waals surface area contributed by atoms with E-state index in [1.165, 1.54) is 0 Å². The molecule has 6 heteroatoms. The number of piperidine rings is 1. The molecule has 1 N–H and O–H groups in total. The van der Waals surface area contributed by atoms with Crippen molar-refractivity contribution in [2.75, 3.05) is 24.5 Å². The van der Waals surface area contributed by atoms with Crippen LogP contribution in [0, 0.1) is 5.92 Å². The van der Waals surface area contributed by atoms with Crippen LogP contribution in [0.4, 0.5) is 5.82 Å². The molecule has 1 aliphatic rings. The van der Waals surface area contributed by atoms with Gasteiger partial charge in [-0.1, -0.05) is 17.7 Å². The van der Waals surface area contributed by atoms with E-state index in [4.69, 9.17) is 11.6 Å². The second-order valence-corrected chi connectivity index (χ2v) is 6.15. The van der Waals surface area contributed by atoms with Crippen LogP contribution in [-0.4, -0.2) is 35.5 Å². The first kappa shape index (κ1) is 15.7. The Labute approximate surface area is 140 Å². The first-order valence-corrected chi connectivity index (χ1v) is 8.15. The van der Waals surface area contributed by atoms with E-state index in [0.29, 0.717) is 23.0 Å². The van der Waals surface area contributed by atoms with Crippen molar-refractivity contribution in [2.24, 2.45) is 5.92 Å². The Morgan fingerprint density at radius 3 is 2.83 bits per heavy atom. The second-order valence-electron chi connectivity index (χ2n) is 5.71. The number of carbonyl (C=O) groups excluding carboxylic acids is 1. The molecule has 1 aromatic heterocycles. The molecule has 120 valence electrons. The smallest absolute Gasteiger partial charge is 0.251 e. The molecule has 1 fully saturated rings. The largest absolute Gasteiger partial charge is 0.355 e. The third-order valence-corrected chi connectivity index (χ3v) is 4.36. The Hall–Kier alpha value is -2.14. The topological polar surface area (TPSA) is 58.1 Å². The van der Waals surface area contributed by atoms with Crippen molar-refractivity contribution < 1.29 is 4.79 Å². The summed E-state index contributed by atoms with van der Waals surface area (Å²) in [5.74, 6) is 1.35. The fourth-order valence-electron chi connectivity index (χ4n) is 2.79. The van der Waals surface area contributed by atoms with Crippen LogP contribution in [0.25, 0.3) is 0 Å². The highest BCUT2D eigenvalue weighted by atomic mass is 35.5. The fourth-order valence-corrected chi connectivity index (χ4v) is 2.98. The average molecular weight is 331 g/mol. The van der Waals surface area contributed by atoms with Crippen LogP contribution in [0.3, 0.4) is 0 Å². The molecule has 23 heavy (non-hydrogen) atoms. The molecule has 1 aliphatic heterocycles. The molecule has 3 rings (SSSR count). The van der Waals surface area contributed by atoms with Gasteiger partial charge in [0.1, 0.15) is 5.82 Å². The summed E-state index contributed by atoms with van der Waals surface area (Å²) in [7, 11) is 0. The maximum Gasteiger partial charge on any atom is 0.251 e. The lowest BCUT2D eigenvalue weighted by Gasteiger charge is -2.32. The van der Waals surface area contributed by atoms with Crippen LogP contribution in [-0.2, 0) is 0 Å². The zero-order valence-corrected chi connectivity index (χ0v) is 13.5. The number of benzene rings is 1. The van der Waals surface area contributed by atoms with E-state index in [9.17, 15) is 4.79 Å².